The first-order valence-electron chi connectivity index (χ1n) is 6.04. The maximum Gasteiger partial charge on any atom is 0.337 e. The fourth-order valence-corrected chi connectivity index (χ4v) is 1.72. The number of aromatic carboxylic acids is 1. The highest BCUT2D eigenvalue weighted by molar-refractivity contribution is 6.06. The molecule has 0 atom stereocenters. The van der Waals surface area contributed by atoms with Gasteiger partial charge in [0.05, 0.1) is 11.3 Å². The number of anilines is 2. The summed E-state index contributed by atoms with van der Waals surface area (Å²) in [6.07, 6.45) is 0.676. The Labute approximate surface area is 115 Å². The summed E-state index contributed by atoms with van der Waals surface area (Å²) in [6.45, 7) is 1.91. The van der Waals surface area contributed by atoms with Crippen molar-refractivity contribution in [2.24, 2.45) is 0 Å². The molecule has 2 rings (SSSR count). The van der Waals surface area contributed by atoms with Crippen LogP contribution in [0, 0.1) is 0 Å². The molecule has 0 saturated heterocycles. The van der Waals surface area contributed by atoms with E-state index in [1.54, 1.807) is 12.1 Å². The molecule has 1 aromatic carbocycles. The SMILES string of the molecule is CCc1ccc(C(=O)Nc2ccc(N)cc2C(=O)O)o1. The van der Waals surface area contributed by atoms with Crippen LogP contribution in [0.15, 0.2) is 34.7 Å². The molecule has 0 radical (unpaired) electrons. The minimum atomic E-state index is -1.17. The Hall–Kier alpha value is -2.76. The summed E-state index contributed by atoms with van der Waals surface area (Å²) in [5.74, 6) is -0.848. The molecule has 0 fully saturated rings. The maximum absolute atomic E-state index is 12.0. The van der Waals surface area contributed by atoms with Crippen molar-refractivity contribution < 1.29 is 19.1 Å². The quantitative estimate of drug-likeness (QED) is 0.742. The third-order valence-electron chi connectivity index (χ3n) is 2.76. The molecular formula is C14H14N2O4. The lowest BCUT2D eigenvalue weighted by atomic mass is 10.1. The van der Waals surface area contributed by atoms with Crippen LogP contribution in [0.1, 0.15) is 33.6 Å². The summed E-state index contributed by atoms with van der Waals surface area (Å²) in [5, 5.41) is 11.6. The molecule has 20 heavy (non-hydrogen) atoms. The number of rotatable bonds is 4. The topological polar surface area (TPSA) is 106 Å². The molecule has 0 aliphatic heterocycles. The van der Waals surface area contributed by atoms with Crippen molar-refractivity contribution in [3.63, 3.8) is 0 Å². The minimum absolute atomic E-state index is 0.0689. The maximum atomic E-state index is 12.0. The summed E-state index contributed by atoms with van der Waals surface area (Å²) in [6, 6.07) is 7.50. The fraction of sp³-hybridized carbons (Fsp3) is 0.143. The number of carbonyl (C=O) groups is 2. The second kappa shape index (κ2) is 5.48. The van der Waals surface area contributed by atoms with Crippen LogP contribution in [-0.4, -0.2) is 17.0 Å². The van der Waals surface area contributed by atoms with Gasteiger partial charge >= 0.3 is 5.97 Å². The molecule has 6 heteroatoms. The van der Waals surface area contributed by atoms with Gasteiger partial charge in [-0.25, -0.2) is 4.79 Å². The molecule has 0 aliphatic carbocycles. The summed E-state index contributed by atoms with van der Waals surface area (Å²) in [4.78, 5) is 23.1. The van der Waals surface area contributed by atoms with Crippen molar-refractivity contribution in [2.45, 2.75) is 13.3 Å². The number of hydrogen-bond donors (Lipinski definition) is 3. The third kappa shape index (κ3) is 2.80. The molecule has 0 saturated carbocycles. The van der Waals surface area contributed by atoms with Gasteiger partial charge in [-0.2, -0.15) is 0 Å². The fourth-order valence-electron chi connectivity index (χ4n) is 1.72. The Kier molecular flexibility index (Phi) is 3.74. The highest BCUT2D eigenvalue weighted by Crippen LogP contribution is 2.20. The van der Waals surface area contributed by atoms with Gasteiger partial charge in [0.1, 0.15) is 5.76 Å². The lowest BCUT2D eigenvalue weighted by Gasteiger charge is -2.08. The lowest BCUT2D eigenvalue weighted by Crippen LogP contribution is -2.14. The number of nitrogens with one attached hydrogen (secondary N) is 1. The monoisotopic (exact) mass is 274 g/mol. The second-order valence-electron chi connectivity index (χ2n) is 4.18. The van der Waals surface area contributed by atoms with E-state index in [1.165, 1.54) is 18.2 Å². The summed E-state index contributed by atoms with van der Waals surface area (Å²) >= 11 is 0. The largest absolute Gasteiger partial charge is 0.478 e. The number of amides is 1. The van der Waals surface area contributed by atoms with Crippen LogP contribution in [0.3, 0.4) is 0 Å². The van der Waals surface area contributed by atoms with Crippen LogP contribution >= 0.6 is 0 Å². The van der Waals surface area contributed by atoms with Gasteiger partial charge in [-0.3, -0.25) is 4.79 Å². The van der Waals surface area contributed by atoms with E-state index < -0.39 is 11.9 Å². The molecule has 6 nitrogen and oxygen atoms in total. The van der Waals surface area contributed by atoms with Gasteiger partial charge in [0, 0.05) is 12.1 Å². The lowest BCUT2D eigenvalue weighted by molar-refractivity contribution is 0.0698. The van der Waals surface area contributed by atoms with Crippen LogP contribution < -0.4 is 11.1 Å². The molecular weight excluding hydrogens is 260 g/mol. The summed E-state index contributed by atoms with van der Waals surface area (Å²) < 4.78 is 5.31. The zero-order valence-corrected chi connectivity index (χ0v) is 10.8. The highest BCUT2D eigenvalue weighted by atomic mass is 16.4. The molecule has 0 spiro atoms. The van der Waals surface area contributed by atoms with E-state index in [0.29, 0.717) is 17.9 Å². The Balaban J connectivity index is 2.25. The van der Waals surface area contributed by atoms with Crippen LogP contribution in [0.25, 0.3) is 0 Å². The van der Waals surface area contributed by atoms with Gasteiger partial charge in [-0.05, 0) is 30.3 Å². The van der Waals surface area contributed by atoms with Crippen molar-refractivity contribution in [3.8, 4) is 0 Å². The van der Waals surface area contributed by atoms with Crippen molar-refractivity contribution in [3.05, 3.63) is 47.4 Å². The predicted octanol–water partition coefficient (Wildman–Crippen LogP) is 2.37. The first-order valence-corrected chi connectivity index (χ1v) is 6.04. The summed E-state index contributed by atoms with van der Waals surface area (Å²) in [7, 11) is 0. The van der Waals surface area contributed by atoms with Crippen molar-refractivity contribution >= 4 is 23.3 Å². The molecule has 1 heterocycles. The van der Waals surface area contributed by atoms with Gasteiger partial charge in [0.15, 0.2) is 5.76 Å². The molecule has 1 aromatic heterocycles. The first-order chi connectivity index (χ1) is 9.51. The van der Waals surface area contributed by atoms with Crippen molar-refractivity contribution in [1.29, 1.82) is 0 Å². The predicted molar refractivity (Wildman–Crippen MR) is 73.9 cm³/mol. The Morgan fingerprint density at radius 1 is 1.30 bits per heavy atom. The van der Waals surface area contributed by atoms with Gasteiger partial charge in [-0.15, -0.1) is 0 Å². The van der Waals surface area contributed by atoms with E-state index in [0.717, 1.165) is 0 Å². The smallest absolute Gasteiger partial charge is 0.337 e. The van der Waals surface area contributed by atoms with E-state index in [2.05, 4.69) is 5.32 Å². The van der Waals surface area contributed by atoms with E-state index >= 15 is 0 Å². The van der Waals surface area contributed by atoms with Gasteiger partial charge < -0.3 is 20.6 Å². The molecule has 104 valence electrons. The van der Waals surface area contributed by atoms with E-state index in [9.17, 15) is 9.59 Å². The number of aryl methyl sites for hydroxylation is 1. The standard InChI is InChI=1S/C14H14N2O4/c1-2-9-4-6-12(20-9)13(17)16-11-5-3-8(15)7-10(11)14(18)19/h3-7H,2,15H2,1H3,(H,16,17)(H,18,19). The minimum Gasteiger partial charge on any atom is -0.478 e. The van der Waals surface area contributed by atoms with E-state index in [1.807, 2.05) is 6.92 Å². The molecule has 0 bridgehead atoms. The average Bonchev–Trinajstić information content (AvgIpc) is 2.89. The average molecular weight is 274 g/mol. The van der Waals surface area contributed by atoms with E-state index in [-0.39, 0.29) is 17.0 Å². The van der Waals surface area contributed by atoms with Gasteiger partial charge in [0.2, 0.25) is 0 Å². The number of carboxylic acid groups (broad SMARTS) is 1. The molecule has 2 aromatic rings. The Morgan fingerprint density at radius 2 is 2.05 bits per heavy atom. The molecule has 0 unspecified atom stereocenters. The second-order valence-corrected chi connectivity index (χ2v) is 4.18. The number of carbonyl (C=O) groups excluding carboxylic acids is 1. The first kappa shape index (κ1) is 13.7. The van der Waals surface area contributed by atoms with Crippen molar-refractivity contribution in [2.75, 3.05) is 11.1 Å². The highest BCUT2D eigenvalue weighted by Gasteiger charge is 2.16. The van der Waals surface area contributed by atoms with Crippen LogP contribution in [0.5, 0.6) is 0 Å². The number of benzene rings is 1. The number of nitrogen functional groups attached to an aromatic ring is 1. The van der Waals surface area contributed by atoms with Gasteiger partial charge in [0.25, 0.3) is 5.91 Å². The Morgan fingerprint density at radius 3 is 2.65 bits per heavy atom. The van der Waals surface area contributed by atoms with E-state index in [4.69, 9.17) is 15.3 Å². The van der Waals surface area contributed by atoms with Crippen LogP contribution in [-0.2, 0) is 6.42 Å². The zero-order valence-electron chi connectivity index (χ0n) is 10.8. The number of nitrogens with two attached hydrogens (primary N) is 1. The normalized spacial score (nSPS) is 10.2. The Bertz CT molecular complexity index is 661. The van der Waals surface area contributed by atoms with Crippen LogP contribution in [0.2, 0.25) is 0 Å². The molecule has 0 aliphatic rings. The van der Waals surface area contributed by atoms with Crippen LogP contribution in [0.4, 0.5) is 11.4 Å². The van der Waals surface area contributed by atoms with Crippen molar-refractivity contribution in [1.82, 2.24) is 0 Å². The summed E-state index contributed by atoms with van der Waals surface area (Å²) in [5.41, 5.74) is 5.95. The number of hydrogen-bond acceptors (Lipinski definition) is 4. The third-order valence-corrected chi connectivity index (χ3v) is 2.76. The zero-order chi connectivity index (χ0) is 14.7. The number of carboxylic acids is 1. The molecule has 4 N–H and O–H groups in total. The van der Waals surface area contributed by atoms with Gasteiger partial charge in [-0.1, -0.05) is 6.92 Å². The number of furan rings is 1. The molecule has 1 amide bonds.